The summed E-state index contributed by atoms with van der Waals surface area (Å²) in [6.45, 7) is 6.45. The summed E-state index contributed by atoms with van der Waals surface area (Å²) in [6, 6.07) is -0.580. The number of amides is 2. The molecule has 1 unspecified atom stereocenters. The van der Waals surface area contributed by atoms with Crippen molar-refractivity contribution in [3.05, 3.63) is 0 Å². The average molecular weight is 276 g/mol. The second kappa shape index (κ2) is 4.87. The molecule has 2 amide bonds. The van der Waals surface area contributed by atoms with E-state index in [2.05, 4.69) is 5.32 Å². The Bertz CT molecular complexity index is 450. The van der Waals surface area contributed by atoms with Crippen molar-refractivity contribution in [2.45, 2.75) is 38.5 Å². The lowest BCUT2D eigenvalue weighted by Gasteiger charge is -2.31. The van der Waals surface area contributed by atoms with Gasteiger partial charge in [0.25, 0.3) is 0 Å². The van der Waals surface area contributed by atoms with Crippen LogP contribution in [0.1, 0.15) is 27.7 Å². The Labute approximate surface area is 108 Å². The van der Waals surface area contributed by atoms with E-state index in [4.69, 9.17) is 0 Å². The Morgan fingerprint density at radius 1 is 1.33 bits per heavy atom. The number of nitrogens with one attached hydrogen (secondary N) is 1. The van der Waals surface area contributed by atoms with E-state index in [-0.39, 0.29) is 30.7 Å². The van der Waals surface area contributed by atoms with Gasteiger partial charge in [-0.25, -0.2) is 8.42 Å². The van der Waals surface area contributed by atoms with Gasteiger partial charge in [0.1, 0.15) is 6.04 Å². The highest BCUT2D eigenvalue weighted by atomic mass is 32.2. The van der Waals surface area contributed by atoms with Gasteiger partial charge in [0.15, 0.2) is 9.84 Å². The fourth-order valence-corrected chi connectivity index (χ4v) is 2.67. The molecule has 1 rings (SSSR count). The summed E-state index contributed by atoms with van der Waals surface area (Å²) >= 11 is 0. The molecule has 0 aromatic rings. The topological polar surface area (TPSA) is 83.6 Å². The number of hydrogen-bond acceptors (Lipinski definition) is 4. The van der Waals surface area contributed by atoms with Crippen LogP contribution < -0.4 is 5.32 Å². The Hall–Kier alpha value is -1.11. The van der Waals surface area contributed by atoms with Crippen LogP contribution in [-0.4, -0.2) is 54.8 Å². The predicted molar refractivity (Wildman–Crippen MR) is 67.7 cm³/mol. The van der Waals surface area contributed by atoms with Crippen LogP contribution in [-0.2, 0) is 19.4 Å². The van der Waals surface area contributed by atoms with Crippen LogP contribution in [0.15, 0.2) is 0 Å². The molecule has 1 heterocycles. The van der Waals surface area contributed by atoms with Crippen LogP contribution >= 0.6 is 0 Å². The van der Waals surface area contributed by atoms with Crippen LogP contribution in [0.4, 0.5) is 0 Å². The van der Waals surface area contributed by atoms with Crippen LogP contribution in [0.2, 0.25) is 0 Å². The van der Waals surface area contributed by atoms with Gasteiger partial charge in [0.05, 0.1) is 17.0 Å². The highest BCUT2D eigenvalue weighted by Crippen LogP contribution is 2.16. The SMILES string of the molecule is CC1NC(=O)CN(CCS(=O)(=O)C(C)(C)C)C1=O. The van der Waals surface area contributed by atoms with E-state index in [1.165, 1.54) is 4.90 Å². The number of carbonyl (C=O) groups is 2. The quantitative estimate of drug-likeness (QED) is 0.756. The van der Waals surface area contributed by atoms with Crippen molar-refractivity contribution in [1.82, 2.24) is 10.2 Å². The largest absolute Gasteiger partial charge is 0.343 e. The molecule has 6 nitrogen and oxygen atoms in total. The van der Waals surface area contributed by atoms with E-state index in [9.17, 15) is 18.0 Å². The molecule has 1 fully saturated rings. The monoisotopic (exact) mass is 276 g/mol. The lowest BCUT2D eigenvalue weighted by Crippen LogP contribution is -2.57. The molecular weight excluding hydrogens is 256 g/mol. The van der Waals surface area contributed by atoms with Crippen molar-refractivity contribution in [2.24, 2.45) is 0 Å². The third kappa shape index (κ3) is 3.22. The van der Waals surface area contributed by atoms with Gasteiger partial charge in [-0.1, -0.05) is 0 Å². The first kappa shape index (κ1) is 14.9. The molecule has 1 aliphatic rings. The molecule has 0 bridgehead atoms. The van der Waals surface area contributed by atoms with Gasteiger partial charge in [-0.3, -0.25) is 9.59 Å². The van der Waals surface area contributed by atoms with E-state index in [1.54, 1.807) is 27.7 Å². The predicted octanol–water partition coefficient (Wildman–Crippen LogP) is -0.453. The summed E-state index contributed by atoms with van der Waals surface area (Å²) in [5.74, 6) is -0.614. The van der Waals surface area contributed by atoms with Crippen molar-refractivity contribution < 1.29 is 18.0 Å². The van der Waals surface area contributed by atoms with E-state index in [1.807, 2.05) is 0 Å². The first-order valence-electron chi connectivity index (χ1n) is 5.85. The minimum Gasteiger partial charge on any atom is -0.343 e. The summed E-state index contributed by atoms with van der Waals surface area (Å²) in [7, 11) is -3.28. The van der Waals surface area contributed by atoms with Crippen molar-refractivity contribution in [2.75, 3.05) is 18.8 Å². The summed E-state index contributed by atoms with van der Waals surface area (Å²) < 4.78 is 23.0. The third-order valence-electron chi connectivity index (χ3n) is 2.96. The van der Waals surface area contributed by atoms with Gasteiger partial charge < -0.3 is 10.2 Å². The van der Waals surface area contributed by atoms with Gasteiger partial charge >= 0.3 is 0 Å². The zero-order valence-corrected chi connectivity index (χ0v) is 12.0. The minimum atomic E-state index is -3.28. The van der Waals surface area contributed by atoms with Gasteiger partial charge in [-0.2, -0.15) is 0 Å². The number of rotatable bonds is 3. The molecule has 18 heavy (non-hydrogen) atoms. The normalized spacial score (nSPS) is 22.0. The number of hydrogen-bond donors (Lipinski definition) is 1. The number of carbonyl (C=O) groups excluding carboxylic acids is 2. The standard InChI is InChI=1S/C11H20N2O4S/c1-8-10(15)13(7-9(14)12-8)5-6-18(16,17)11(2,3)4/h8H,5-7H2,1-4H3,(H,12,14). The summed E-state index contributed by atoms with van der Waals surface area (Å²) in [4.78, 5) is 24.3. The number of sulfone groups is 1. The van der Waals surface area contributed by atoms with Crippen molar-refractivity contribution >= 4 is 21.7 Å². The van der Waals surface area contributed by atoms with Crippen molar-refractivity contribution in [3.8, 4) is 0 Å². The van der Waals surface area contributed by atoms with Crippen LogP contribution in [0.5, 0.6) is 0 Å². The molecule has 0 spiro atoms. The molecular formula is C11H20N2O4S. The molecule has 1 saturated heterocycles. The minimum absolute atomic E-state index is 0.0657. The smallest absolute Gasteiger partial charge is 0.245 e. The molecule has 104 valence electrons. The lowest BCUT2D eigenvalue weighted by atomic mass is 10.2. The molecule has 0 aliphatic carbocycles. The average Bonchev–Trinajstić information content (AvgIpc) is 2.19. The Balaban J connectivity index is 2.69. The fourth-order valence-electron chi connectivity index (χ4n) is 1.60. The first-order chi connectivity index (χ1) is 8.04. The maximum Gasteiger partial charge on any atom is 0.245 e. The lowest BCUT2D eigenvalue weighted by molar-refractivity contribution is -0.143. The third-order valence-corrected chi connectivity index (χ3v) is 5.54. The fraction of sp³-hybridized carbons (Fsp3) is 0.818. The second-order valence-electron chi connectivity index (χ2n) is 5.48. The first-order valence-corrected chi connectivity index (χ1v) is 7.50. The molecule has 1 aliphatic heterocycles. The van der Waals surface area contributed by atoms with E-state index in [0.29, 0.717) is 0 Å². The van der Waals surface area contributed by atoms with E-state index in [0.717, 1.165) is 0 Å². The molecule has 0 saturated carbocycles. The Morgan fingerprint density at radius 2 is 1.89 bits per heavy atom. The van der Waals surface area contributed by atoms with Crippen LogP contribution in [0.25, 0.3) is 0 Å². The molecule has 1 atom stereocenters. The summed E-state index contributed by atoms with van der Waals surface area (Å²) in [5.41, 5.74) is 0. The summed E-state index contributed by atoms with van der Waals surface area (Å²) in [6.07, 6.45) is 0. The number of piperazine rings is 1. The van der Waals surface area contributed by atoms with E-state index >= 15 is 0 Å². The number of nitrogens with zero attached hydrogens (tertiary/aromatic N) is 1. The van der Waals surface area contributed by atoms with Crippen molar-refractivity contribution in [3.63, 3.8) is 0 Å². The van der Waals surface area contributed by atoms with Crippen molar-refractivity contribution in [1.29, 1.82) is 0 Å². The highest BCUT2D eigenvalue weighted by Gasteiger charge is 2.33. The summed E-state index contributed by atoms with van der Waals surface area (Å²) in [5, 5.41) is 2.51. The molecule has 1 N–H and O–H groups in total. The Kier molecular flexibility index (Phi) is 4.05. The second-order valence-corrected chi connectivity index (χ2v) is 8.34. The van der Waals surface area contributed by atoms with Gasteiger partial charge in [-0.05, 0) is 27.7 Å². The highest BCUT2D eigenvalue weighted by molar-refractivity contribution is 7.92. The zero-order valence-electron chi connectivity index (χ0n) is 11.2. The van der Waals surface area contributed by atoms with E-state index < -0.39 is 20.6 Å². The van der Waals surface area contributed by atoms with Crippen LogP contribution in [0, 0.1) is 0 Å². The molecule has 7 heteroatoms. The van der Waals surface area contributed by atoms with Gasteiger partial charge in [0.2, 0.25) is 11.8 Å². The van der Waals surface area contributed by atoms with Crippen LogP contribution in [0.3, 0.4) is 0 Å². The molecule has 0 aromatic carbocycles. The van der Waals surface area contributed by atoms with Gasteiger partial charge in [-0.15, -0.1) is 0 Å². The zero-order chi connectivity index (χ0) is 14.1. The molecule has 0 radical (unpaired) electrons. The maximum absolute atomic E-state index is 11.9. The van der Waals surface area contributed by atoms with Gasteiger partial charge in [0, 0.05) is 6.54 Å². The Morgan fingerprint density at radius 3 is 2.39 bits per heavy atom. The maximum atomic E-state index is 11.9. The molecule has 0 aromatic heterocycles.